The summed E-state index contributed by atoms with van der Waals surface area (Å²) in [5, 5.41) is 18.6. The lowest BCUT2D eigenvalue weighted by atomic mass is 10.1. The second-order valence-electron chi connectivity index (χ2n) is 4.89. The number of anilines is 1. The van der Waals surface area contributed by atoms with Crippen molar-refractivity contribution in [1.29, 1.82) is 0 Å². The van der Waals surface area contributed by atoms with Gasteiger partial charge >= 0.3 is 0 Å². The zero-order valence-corrected chi connectivity index (χ0v) is 10.9. The summed E-state index contributed by atoms with van der Waals surface area (Å²) >= 11 is 0. The van der Waals surface area contributed by atoms with Gasteiger partial charge in [-0.2, -0.15) is 10.2 Å². The van der Waals surface area contributed by atoms with Crippen molar-refractivity contribution in [3.63, 3.8) is 0 Å². The van der Waals surface area contributed by atoms with Crippen molar-refractivity contribution in [2.75, 3.05) is 24.7 Å². The molecule has 1 aromatic carbocycles. The Labute approximate surface area is 111 Å². The van der Waals surface area contributed by atoms with Gasteiger partial charge in [-0.25, -0.2) is 0 Å². The van der Waals surface area contributed by atoms with Gasteiger partial charge in [-0.05, 0) is 13.0 Å². The van der Waals surface area contributed by atoms with Gasteiger partial charge in [0.05, 0.1) is 36.7 Å². The maximum Gasteiger partial charge on any atom is 0.0981 e. The topological polar surface area (TPSA) is 58.5 Å². The molecule has 0 amide bonds. The highest BCUT2D eigenvalue weighted by Gasteiger charge is 2.27. The molecule has 0 spiro atoms. The molecule has 0 radical (unpaired) electrons. The Bertz CT molecular complexity index is 570. The Kier molecular flexibility index (Phi) is 3.31. The summed E-state index contributed by atoms with van der Waals surface area (Å²) in [6.07, 6.45) is 1.65. The van der Waals surface area contributed by atoms with Crippen LogP contribution < -0.4 is 4.90 Å². The number of aliphatic hydroxyl groups excluding tert-OH is 1. The van der Waals surface area contributed by atoms with Gasteiger partial charge < -0.3 is 14.7 Å². The first kappa shape index (κ1) is 12.3. The average molecular weight is 259 g/mol. The maximum absolute atomic E-state index is 9.28. The molecule has 1 aliphatic heterocycles. The molecule has 3 rings (SSSR count). The number of ether oxygens (including phenoxy) is 1. The first-order valence-electron chi connectivity index (χ1n) is 6.49. The van der Waals surface area contributed by atoms with Crippen molar-refractivity contribution in [3.8, 4) is 0 Å². The van der Waals surface area contributed by atoms with Crippen LogP contribution in [0.15, 0.2) is 30.5 Å². The molecule has 1 aromatic heterocycles. The number of hydrogen-bond acceptors (Lipinski definition) is 5. The maximum atomic E-state index is 9.28. The molecule has 100 valence electrons. The van der Waals surface area contributed by atoms with Crippen molar-refractivity contribution >= 4 is 16.6 Å². The van der Waals surface area contributed by atoms with Gasteiger partial charge in [-0.1, -0.05) is 18.2 Å². The molecule has 1 fully saturated rings. The van der Waals surface area contributed by atoms with E-state index in [1.54, 1.807) is 6.20 Å². The van der Waals surface area contributed by atoms with E-state index in [2.05, 4.69) is 28.1 Å². The second-order valence-corrected chi connectivity index (χ2v) is 4.89. The fourth-order valence-electron chi connectivity index (χ4n) is 2.49. The largest absolute Gasteiger partial charge is 0.394 e. The van der Waals surface area contributed by atoms with E-state index in [9.17, 15) is 5.11 Å². The summed E-state index contributed by atoms with van der Waals surface area (Å²) < 4.78 is 5.58. The van der Waals surface area contributed by atoms with Crippen molar-refractivity contribution < 1.29 is 9.84 Å². The average Bonchev–Trinajstić information content (AvgIpc) is 2.47. The Hall–Kier alpha value is -1.72. The van der Waals surface area contributed by atoms with Crippen LogP contribution in [0.5, 0.6) is 0 Å². The van der Waals surface area contributed by atoms with Crippen LogP contribution >= 0.6 is 0 Å². The van der Waals surface area contributed by atoms with E-state index in [0.717, 1.165) is 16.6 Å². The van der Waals surface area contributed by atoms with Gasteiger partial charge in [-0.3, -0.25) is 0 Å². The van der Waals surface area contributed by atoms with Gasteiger partial charge in [-0.15, -0.1) is 0 Å². The van der Waals surface area contributed by atoms with Crippen molar-refractivity contribution in [2.45, 2.75) is 19.1 Å². The number of fused-ring (bicyclic) bond motifs is 1. The molecule has 19 heavy (non-hydrogen) atoms. The number of nitrogens with zero attached hydrogens (tertiary/aromatic N) is 3. The van der Waals surface area contributed by atoms with Crippen LogP contribution in [0.2, 0.25) is 0 Å². The molecule has 0 aliphatic carbocycles. The van der Waals surface area contributed by atoms with E-state index in [0.29, 0.717) is 13.2 Å². The third-order valence-electron chi connectivity index (χ3n) is 3.54. The van der Waals surface area contributed by atoms with E-state index >= 15 is 0 Å². The van der Waals surface area contributed by atoms with Crippen LogP contribution in [-0.2, 0) is 4.74 Å². The first-order valence-corrected chi connectivity index (χ1v) is 6.49. The molecule has 2 unspecified atom stereocenters. The molecule has 1 N–H and O–H groups in total. The monoisotopic (exact) mass is 259 g/mol. The third kappa shape index (κ3) is 2.27. The van der Waals surface area contributed by atoms with Gasteiger partial charge in [0.15, 0.2) is 0 Å². The summed E-state index contributed by atoms with van der Waals surface area (Å²) in [6.45, 7) is 3.44. The zero-order valence-electron chi connectivity index (χ0n) is 10.9. The number of rotatable bonds is 2. The Morgan fingerprint density at radius 1 is 1.42 bits per heavy atom. The highest BCUT2D eigenvalue weighted by Crippen LogP contribution is 2.27. The minimum absolute atomic E-state index is 0.0413. The van der Waals surface area contributed by atoms with Crippen LogP contribution in [0.1, 0.15) is 6.92 Å². The molecular weight excluding hydrogens is 242 g/mol. The van der Waals surface area contributed by atoms with Crippen LogP contribution in [0.25, 0.3) is 10.9 Å². The quantitative estimate of drug-likeness (QED) is 0.878. The predicted octanol–water partition coefficient (Wildman–Crippen LogP) is 1.22. The Morgan fingerprint density at radius 2 is 2.26 bits per heavy atom. The van der Waals surface area contributed by atoms with Crippen LogP contribution in [0, 0.1) is 0 Å². The normalized spacial score (nSPS) is 23.8. The smallest absolute Gasteiger partial charge is 0.0981 e. The van der Waals surface area contributed by atoms with Gasteiger partial charge in [0.25, 0.3) is 0 Å². The summed E-state index contributed by atoms with van der Waals surface area (Å²) in [5.74, 6) is 0. The number of aromatic nitrogens is 2. The van der Waals surface area contributed by atoms with Crippen LogP contribution in [-0.4, -0.2) is 47.2 Å². The number of hydrogen-bond donors (Lipinski definition) is 1. The Morgan fingerprint density at radius 3 is 3.11 bits per heavy atom. The third-order valence-corrected chi connectivity index (χ3v) is 3.54. The van der Waals surface area contributed by atoms with E-state index < -0.39 is 0 Å². The lowest BCUT2D eigenvalue weighted by Gasteiger charge is -2.39. The minimum atomic E-state index is -0.136. The molecule has 2 aromatic rings. The molecule has 0 saturated carbocycles. The van der Waals surface area contributed by atoms with Crippen molar-refractivity contribution in [2.24, 2.45) is 0 Å². The van der Waals surface area contributed by atoms with Gasteiger partial charge in [0.2, 0.25) is 0 Å². The number of benzene rings is 1. The van der Waals surface area contributed by atoms with E-state index in [1.165, 1.54) is 0 Å². The molecule has 2 atom stereocenters. The standard InChI is InChI=1S/C14H17N3O2/c1-10-9-19-11(8-18)7-17(10)14-6-15-16-13-5-3-2-4-12(13)14/h2-6,10-11,18H,7-9H2,1H3. The summed E-state index contributed by atoms with van der Waals surface area (Å²) in [7, 11) is 0. The van der Waals surface area contributed by atoms with Gasteiger partial charge in [0, 0.05) is 18.0 Å². The number of morpholine rings is 1. The van der Waals surface area contributed by atoms with Crippen molar-refractivity contribution in [3.05, 3.63) is 30.5 Å². The molecular formula is C14H17N3O2. The van der Waals surface area contributed by atoms with E-state index in [-0.39, 0.29) is 18.8 Å². The molecule has 5 nitrogen and oxygen atoms in total. The van der Waals surface area contributed by atoms with Crippen LogP contribution in [0.4, 0.5) is 5.69 Å². The molecule has 1 saturated heterocycles. The minimum Gasteiger partial charge on any atom is -0.394 e. The lowest BCUT2D eigenvalue weighted by Crippen LogP contribution is -2.49. The van der Waals surface area contributed by atoms with Crippen molar-refractivity contribution in [1.82, 2.24) is 10.2 Å². The summed E-state index contributed by atoms with van der Waals surface area (Å²) in [6, 6.07) is 8.23. The molecule has 0 bridgehead atoms. The molecule has 2 heterocycles. The second kappa shape index (κ2) is 5.11. The fraction of sp³-hybridized carbons (Fsp3) is 0.429. The molecule has 1 aliphatic rings. The SMILES string of the molecule is CC1COC(CO)CN1c1cnnc2ccccc12. The Balaban J connectivity index is 2.02. The fourth-order valence-corrected chi connectivity index (χ4v) is 2.49. The van der Waals surface area contributed by atoms with Crippen LogP contribution in [0.3, 0.4) is 0 Å². The number of aliphatic hydroxyl groups is 1. The first-order chi connectivity index (χ1) is 9.29. The van der Waals surface area contributed by atoms with E-state index in [1.807, 2.05) is 18.2 Å². The lowest BCUT2D eigenvalue weighted by molar-refractivity contribution is -0.0102. The predicted molar refractivity (Wildman–Crippen MR) is 73.2 cm³/mol. The van der Waals surface area contributed by atoms with Gasteiger partial charge in [0.1, 0.15) is 0 Å². The van der Waals surface area contributed by atoms with E-state index in [4.69, 9.17) is 4.74 Å². The zero-order chi connectivity index (χ0) is 13.2. The highest BCUT2D eigenvalue weighted by atomic mass is 16.5. The highest BCUT2D eigenvalue weighted by molar-refractivity contribution is 5.90. The summed E-state index contributed by atoms with van der Waals surface area (Å²) in [4.78, 5) is 2.24. The molecule has 5 heteroatoms. The summed E-state index contributed by atoms with van der Waals surface area (Å²) in [5.41, 5.74) is 1.94.